The van der Waals surface area contributed by atoms with E-state index in [1.54, 1.807) is 12.3 Å². The number of aromatic nitrogens is 3. The minimum Gasteiger partial charge on any atom is -0.340 e. The molecule has 0 saturated heterocycles. The smallest absolute Gasteiger partial charge is 0.324 e. The first-order valence-corrected chi connectivity index (χ1v) is 8.98. The number of nitrogens with one attached hydrogen (secondary N) is 3. The largest absolute Gasteiger partial charge is 0.340 e. The Hall–Kier alpha value is -3.35. The van der Waals surface area contributed by atoms with Crippen molar-refractivity contribution in [1.82, 2.24) is 14.8 Å². The Balaban J connectivity index is 1.64. The third kappa shape index (κ3) is 4.63. The molecule has 2 aromatic heterocycles. The van der Waals surface area contributed by atoms with Gasteiger partial charge in [-0.15, -0.1) is 0 Å². The number of nitrogens with zero attached hydrogens (tertiary/aromatic N) is 3. The summed E-state index contributed by atoms with van der Waals surface area (Å²) in [7, 11) is 0. The molecule has 1 atom stereocenters. The Kier molecular flexibility index (Phi) is 5.71. The third-order valence-corrected chi connectivity index (χ3v) is 4.34. The molecule has 0 aliphatic heterocycles. The molecule has 2 heterocycles. The van der Waals surface area contributed by atoms with E-state index in [0.717, 1.165) is 17.8 Å². The maximum absolute atomic E-state index is 12.3. The van der Waals surface area contributed by atoms with Gasteiger partial charge in [-0.25, -0.2) is 9.78 Å². The van der Waals surface area contributed by atoms with Crippen LogP contribution in [0.15, 0.2) is 54.7 Å². The van der Waals surface area contributed by atoms with Crippen LogP contribution in [0.1, 0.15) is 32.0 Å². The summed E-state index contributed by atoms with van der Waals surface area (Å²) in [5, 5.41) is 13.2. The first kappa shape index (κ1) is 18.4. The highest BCUT2D eigenvalue weighted by atomic mass is 16.2. The molecule has 1 unspecified atom stereocenters. The molecular formula is C20H24N6O. The zero-order valence-corrected chi connectivity index (χ0v) is 15.7. The molecule has 7 nitrogen and oxygen atoms in total. The quantitative estimate of drug-likeness (QED) is 0.578. The van der Waals surface area contributed by atoms with Crippen molar-refractivity contribution >= 4 is 29.0 Å². The lowest BCUT2D eigenvalue weighted by Gasteiger charge is -2.12. The lowest BCUT2D eigenvalue weighted by atomic mass is 10.2. The van der Waals surface area contributed by atoms with E-state index >= 15 is 0 Å². The number of urea groups is 1. The van der Waals surface area contributed by atoms with Crippen molar-refractivity contribution in [3.05, 3.63) is 60.4 Å². The summed E-state index contributed by atoms with van der Waals surface area (Å²) in [6.07, 6.45) is 2.64. The number of benzene rings is 1. The maximum Gasteiger partial charge on any atom is 0.324 e. The van der Waals surface area contributed by atoms with Crippen LogP contribution >= 0.6 is 0 Å². The number of hydrogen-bond donors (Lipinski definition) is 3. The van der Waals surface area contributed by atoms with Gasteiger partial charge in [-0.05, 0) is 44.5 Å². The monoisotopic (exact) mass is 364 g/mol. The van der Waals surface area contributed by atoms with Crippen LogP contribution in [0.3, 0.4) is 0 Å². The Labute approximate surface area is 158 Å². The van der Waals surface area contributed by atoms with Crippen LogP contribution in [0.25, 0.3) is 0 Å². The van der Waals surface area contributed by atoms with Gasteiger partial charge in [0.1, 0.15) is 11.6 Å². The summed E-state index contributed by atoms with van der Waals surface area (Å²) < 4.78 is 1.91. The molecule has 0 radical (unpaired) electrons. The molecule has 3 N–H and O–H groups in total. The molecule has 3 rings (SSSR count). The first-order valence-electron chi connectivity index (χ1n) is 8.98. The van der Waals surface area contributed by atoms with Gasteiger partial charge in [0, 0.05) is 11.7 Å². The molecule has 0 aliphatic rings. The minimum atomic E-state index is -0.355. The van der Waals surface area contributed by atoms with Crippen molar-refractivity contribution in [3.63, 3.8) is 0 Å². The average molecular weight is 364 g/mol. The molecule has 0 bridgehead atoms. The number of para-hydroxylation sites is 1. The van der Waals surface area contributed by atoms with E-state index < -0.39 is 0 Å². The van der Waals surface area contributed by atoms with Crippen LogP contribution in [0, 0.1) is 6.92 Å². The number of carbonyl (C=O) groups is 1. The topological polar surface area (TPSA) is 83.9 Å². The van der Waals surface area contributed by atoms with Crippen molar-refractivity contribution < 1.29 is 4.79 Å². The van der Waals surface area contributed by atoms with E-state index in [0.29, 0.717) is 17.3 Å². The highest BCUT2D eigenvalue weighted by Gasteiger charge is 2.13. The van der Waals surface area contributed by atoms with Crippen molar-refractivity contribution in [2.24, 2.45) is 0 Å². The number of rotatable bonds is 6. The Bertz CT molecular complexity index is 906. The number of hydrogen-bond acceptors (Lipinski definition) is 4. The average Bonchev–Trinajstić information content (AvgIpc) is 3.02. The standard InChI is InChI=1S/C20H24N6O/c1-4-14(2)26-15(3)17(13-21-26)23-20(27)25-19-12-8-11-18(24-19)22-16-9-6-5-7-10-16/h5-14H,4H2,1-3H3,(H3,22,23,24,25,27). The summed E-state index contributed by atoms with van der Waals surface area (Å²) in [5.74, 6) is 1.11. The molecule has 2 amide bonds. The molecule has 0 saturated carbocycles. The Morgan fingerprint density at radius 2 is 1.81 bits per heavy atom. The lowest BCUT2D eigenvalue weighted by Crippen LogP contribution is -2.20. The summed E-state index contributed by atoms with van der Waals surface area (Å²) >= 11 is 0. The van der Waals surface area contributed by atoms with Gasteiger partial charge in [0.05, 0.1) is 17.6 Å². The van der Waals surface area contributed by atoms with Gasteiger partial charge >= 0.3 is 6.03 Å². The zero-order chi connectivity index (χ0) is 19.2. The second kappa shape index (κ2) is 8.35. The normalized spacial score (nSPS) is 11.7. The molecule has 140 valence electrons. The molecule has 27 heavy (non-hydrogen) atoms. The SMILES string of the molecule is CCC(C)n1ncc(NC(=O)Nc2cccc(Nc3ccccc3)n2)c1C. The van der Waals surface area contributed by atoms with Crippen molar-refractivity contribution in [2.75, 3.05) is 16.0 Å². The van der Waals surface area contributed by atoms with Crippen LogP contribution in [-0.4, -0.2) is 20.8 Å². The minimum absolute atomic E-state index is 0.283. The fourth-order valence-corrected chi connectivity index (χ4v) is 2.68. The summed E-state index contributed by atoms with van der Waals surface area (Å²) in [4.78, 5) is 16.7. The molecule has 0 spiro atoms. The molecule has 0 aliphatic carbocycles. The summed E-state index contributed by atoms with van der Waals surface area (Å²) in [6.45, 7) is 6.14. The second-order valence-corrected chi connectivity index (χ2v) is 6.32. The van der Waals surface area contributed by atoms with Gasteiger partial charge < -0.3 is 10.6 Å². The van der Waals surface area contributed by atoms with Gasteiger partial charge in [-0.2, -0.15) is 5.10 Å². The van der Waals surface area contributed by atoms with Crippen LogP contribution in [-0.2, 0) is 0 Å². The number of carbonyl (C=O) groups excluding carboxylic acids is 1. The van der Waals surface area contributed by atoms with Crippen LogP contribution in [0.5, 0.6) is 0 Å². The molecule has 3 aromatic rings. The van der Waals surface area contributed by atoms with Crippen molar-refractivity contribution in [1.29, 1.82) is 0 Å². The second-order valence-electron chi connectivity index (χ2n) is 6.32. The van der Waals surface area contributed by atoms with Crippen molar-refractivity contribution in [2.45, 2.75) is 33.2 Å². The van der Waals surface area contributed by atoms with Crippen LogP contribution in [0.4, 0.5) is 27.8 Å². The van der Waals surface area contributed by atoms with E-state index in [2.05, 4.69) is 39.9 Å². The molecule has 1 aromatic carbocycles. The van der Waals surface area contributed by atoms with Gasteiger partial charge in [-0.1, -0.05) is 31.2 Å². The van der Waals surface area contributed by atoms with Gasteiger partial charge in [-0.3, -0.25) is 10.00 Å². The maximum atomic E-state index is 12.3. The van der Waals surface area contributed by atoms with Crippen molar-refractivity contribution in [3.8, 4) is 0 Å². The first-order chi connectivity index (χ1) is 13.1. The Morgan fingerprint density at radius 1 is 1.07 bits per heavy atom. The lowest BCUT2D eigenvalue weighted by molar-refractivity contribution is 0.262. The van der Waals surface area contributed by atoms with Crippen LogP contribution in [0.2, 0.25) is 0 Å². The highest BCUT2D eigenvalue weighted by Crippen LogP contribution is 2.20. The van der Waals surface area contributed by atoms with E-state index in [4.69, 9.17) is 0 Å². The summed E-state index contributed by atoms with van der Waals surface area (Å²) in [6, 6.07) is 15.1. The third-order valence-electron chi connectivity index (χ3n) is 4.34. The highest BCUT2D eigenvalue weighted by molar-refractivity contribution is 5.99. The fourth-order valence-electron chi connectivity index (χ4n) is 2.68. The van der Waals surface area contributed by atoms with E-state index in [-0.39, 0.29) is 12.1 Å². The number of anilines is 4. The summed E-state index contributed by atoms with van der Waals surface area (Å²) in [5.41, 5.74) is 2.54. The molecule has 7 heteroatoms. The van der Waals surface area contributed by atoms with E-state index in [1.165, 1.54) is 0 Å². The predicted octanol–water partition coefficient (Wildman–Crippen LogP) is 4.95. The fraction of sp³-hybridized carbons (Fsp3) is 0.250. The van der Waals surface area contributed by atoms with E-state index in [1.807, 2.05) is 54.1 Å². The van der Waals surface area contributed by atoms with Crippen LogP contribution < -0.4 is 16.0 Å². The zero-order valence-electron chi connectivity index (χ0n) is 15.7. The Morgan fingerprint density at radius 3 is 2.56 bits per heavy atom. The predicted molar refractivity (Wildman–Crippen MR) is 109 cm³/mol. The number of amides is 2. The number of pyridine rings is 1. The van der Waals surface area contributed by atoms with Gasteiger partial charge in [0.2, 0.25) is 0 Å². The molecule has 0 fully saturated rings. The molecular weight excluding hydrogens is 340 g/mol. The van der Waals surface area contributed by atoms with E-state index in [9.17, 15) is 4.79 Å². The van der Waals surface area contributed by atoms with Gasteiger partial charge in [0.25, 0.3) is 0 Å². The van der Waals surface area contributed by atoms with Gasteiger partial charge in [0.15, 0.2) is 0 Å².